The van der Waals surface area contributed by atoms with Crippen LogP contribution in [0.3, 0.4) is 0 Å². The summed E-state index contributed by atoms with van der Waals surface area (Å²) in [6.45, 7) is 5.57. The number of thiophene rings is 1. The first-order valence-corrected chi connectivity index (χ1v) is 9.16. The third kappa shape index (κ3) is 7.47. The van der Waals surface area contributed by atoms with E-state index in [0.717, 1.165) is 30.0 Å². The molecule has 25 heavy (non-hydrogen) atoms. The van der Waals surface area contributed by atoms with Crippen molar-refractivity contribution in [3.05, 3.63) is 51.4 Å². The summed E-state index contributed by atoms with van der Waals surface area (Å²) >= 11 is 7.32. The zero-order valence-electron chi connectivity index (χ0n) is 14.3. The van der Waals surface area contributed by atoms with Crippen molar-refractivity contribution in [3.8, 4) is 0 Å². The predicted octanol–water partition coefficient (Wildman–Crippen LogP) is 3.42. The van der Waals surface area contributed by atoms with Crippen LogP contribution in [0.4, 0.5) is 0 Å². The maximum absolute atomic E-state index is 10.5. The normalized spacial score (nSPS) is 13.7. The molecule has 2 aromatic heterocycles. The van der Waals surface area contributed by atoms with Gasteiger partial charge in [-0.05, 0) is 43.3 Å². The lowest BCUT2D eigenvalue weighted by molar-refractivity contribution is 0.0711. The molecule has 3 N–H and O–H groups in total. The summed E-state index contributed by atoms with van der Waals surface area (Å²) in [5, 5.41) is 19.5. The fourth-order valence-corrected chi connectivity index (χ4v) is 3.01. The van der Waals surface area contributed by atoms with Gasteiger partial charge in [-0.25, -0.2) is 9.98 Å². The van der Waals surface area contributed by atoms with Crippen molar-refractivity contribution in [2.45, 2.75) is 25.9 Å². The van der Waals surface area contributed by atoms with E-state index in [0.29, 0.717) is 17.7 Å². The molecule has 0 radical (unpaired) electrons. The largest absolute Gasteiger partial charge is 0.383 e. The molecule has 1 unspecified atom stereocenters. The Morgan fingerprint density at radius 2 is 2.16 bits per heavy atom. The molecule has 0 aromatic carbocycles. The molecule has 0 bridgehead atoms. The van der Waals surface area contributed by atoms with Crippen molar-refractivity contribution in [3.63, 3.8) is 0 Å². The van der Waals surface area contributed by atoms with Gasteiger partial charge in [-0.15, -0.1) is 35.3 Å². The van der Waals surface area contributed by atoms with Gasteiger partial charge in [0.25, 0.3) is 0 Å². The average molecular weight is 495 g/mol. The van der Waals surface area contributed by atoms with Crippen LogP contribution in [0.5, 0.6) is 0 Å². The van der Waals surface area contributed by atoms with E-state index in [1.165, 1.54) is 11.3 Å². The monoisotopic (exact) mass is 494 g/mol. The van der Waals surface area contributed by atoms with Crippen LogP contribution in [0.1, 0.15) is 24.3 Å². The molecule has 0 amide bonds. The van der Waals surface area contributed by atoms with Gasteiger partial charge in [-0.1, -0.05) is 23.7 Å². The number of halogens is 2. The van der Waals surface area contributed by atoms with E-state index in [1.807, 2.05) is 30.5 Å². The quantitative estimate of drug-likeness (QED) is 0.239. The lowest BCUT2D eigenvalue weighted by Gasteiger charge is -2.20. The minimum absolute atomic E-state index is 0. The van der Waals surface area contributed by atoms with Gasteiger partial charge in [0.15, 0.2) is 5.96 Å². The molecule has 0 saturated carbocycles. The summed E-state index contributed by atoms with van der Waals surface area (Å²) in [7, 11) is 0. The third-order valence-corrected chi connectivity index (χ3v) is 4.78. The molecule has 8 heteroatoms. The van der Waals surface area contributed by atoms with Crippen LogP contribution in [0.15, 0.2) is 40.8 Å². The second-order valence-electron chi connectivity index (χ2n) is 5.61. The Morgan fingerprint density at radius 3 is 2.76 bits per heavy atom. The third-order valence-electron chi connectivity index (χ3n) is 3.44. The predicted molar refractivity (Wildman–Crippen MR) is 116 cm³/mol. The van der Waals surface area contributed by atoms with Crippen LogP contribution >= 0.6 is 46.9 Å². The fourth-order valence-electron chi connectivity index (χ4n) is 2.12. The lowest BCUT2D eigenvalue weighted by Crippen LogP contribution is -2.39. The number of aliphatic hydroxyl groups is 1. The van der Waals surface area contributed by atoms with Crippen molar-refractivity contribution < 1.29 is 5.11 Å². The molecule has 0 aliphatic carbocycles. The van der Waals surface area contributed by atoms with Gasteiger partial charge < -0.3 is 15.7 Å². The highest BCUT2D eigenvalue weighted by atomic mass is 127. The molecule has 0 aliphatic heterocycles. The molecule has 2 aromatic rings. The molecule has 0 saturated heterocycles. The summed E-state index contributed by atoms with van der Waals surface area (Å²) in [6.07, 6.45) is 2.59. The summed E-state index contributed by atoms with van der Waals surface area (Å²) < 4.78 is 0. The highest BCUT2D eigenvalue weighted by molar-refractivity contribution is 14.0. The molecular formula is C17H24ClIN4OS. The Balaban J connectivity index is 0.00000312. The lowest BCUT2D eigenvalue weighted by atomic mass is 10.1. The molecule has 0 aliphatic rings. The van der Waals surface area contributed by atoms with Crippen molar-refractivity contribution in [2.24, 2.45) is 4.99 Å². The van der Waals surface area contributed by atoms with Crippen LogP contribution in [-0.4, -0.2) is 35.7 Å². The molecule has 138 valence electrons. The zero-order valence-corrected chi connectivity index (χ0v) is 18.2. The molecule has 0 fully saturated rings. The fraction of sp³-hybridized carbons (Fsp3) is 0.412. The van der Waals surface area contributed by atoms with Crippen LogP contribution in [0, 0.1) is 0 Å². The van der Waals surface area contributed by atoms with Crippen LogP contribution in [0.25, 0.3) is 0 Å². The Morgan fingerprint density at radius 1 is 1.36 bits per heavy atom. The standard InChI is InChI=1S/C17H23ClN4OS.HI/c1-3-19-16(20-9-8-13-6-7-15(18)21-11-13)22-12-17(2,23)14-5-4-10-24-14;/h4-7,10-11,23H,3,8-9,12H2,1-2H3,(H2,19,20,22);1H. The van der Waals surface area contributed by atoms with E-state index in [9.17, 15) is 5.11 Å². The van der Waals surface area contributed by atoms with E-state index in [2.05, 4.69) is 20.6 Å². The van der Waals surface area contributed by atoms with E-state index < -0.39 is 5.60 Å². The SMILES string of the molecule is CCNC(=NCC(C)(O)c1cccs1)NCCc1ccc(Cl)nc1.I. The van der Waals surface area contributed by atoms with Gasteiger partial charge in [0.2, 0.25) is 0 Å². The average Bonchev–Trinajstić information content (AvgIpc) is 3.10. The highest BCUT2D eigenvalue weighted by Crippen LogP contribution is 2.25. The van der Waals surface area contributed by atoms with Crippen LogP contribution in [0.2, 0.25) is 5.15 Å². The topological polar surface area (TPSA) is 69.5 Å². The maximum Gasteiger partial charge on any atom is 0.191 e. The van der Waals surface area contributed by atoms with Gasteiger partial charge >= 0.3 is 0 Å². The number of aromatic nitrogens is 1. The molecule has 2 heterocycles. The number of nitrogens with zero attached hydrogens (tertiary/aromatic N) is 2. The second kappa shape index (κ2) is 10.9. The van der Waals surface area contributed by atoms with E-state index in [4.69, 9.17) is 11.6 Å². The number of pyridine rings is 1. The van der Waals surface area contributed by atoms with E-state index in [1.54, 1.807) is 19.2 Å². The number of nitrogens with one attached hydrogen (secondary N) is 2. The van der Waals surface area contributed by atoms with Crippen molar-refractivity contribution in [2.75, 3.05) is 19.6 Å². The number of guanidine groups is 1. The second-order valence-corrected chi connectivity index (χ2v) is 6.95. The Hall–Kier alpha value is -0.900. The van der Waals surface area contributed by atoms with Gasteiger partial charge in [0, 0.05) is 24.2 Å². The number of hydrogen-bond acceptors (Lipinski definition) is 4. The first kappa shape index (κ1) is 22.1. The van der Waals surface area contributed by atoms with Gasteiger partial charge in [-0.2, -0.15) is 0 Å². The smallest absolute Gasteiger partial charge is 0.191 e. The Kier molecular flexibility index (Phi) is 9.70. The number of hydrogen-bond donors (Lipinski definition) is 3. The molecular weight excluding hydrogens is 471 g/mol. The van der Waals surface area contributed by atoms with Gasteiger partial charge in [-0.3, -0.25) is 0 Å². The first-order valence-electron chi connectivity index (χ1n) is 7.90. The van der Waals surface area contributed by atoms with E-state index in [-0.39, 0.29) is 24.0 Å². The van der Waals surface area contributed by atoms with Crippen molar-refractivity contribution >= 4 is 52.9 Å². The minimum Gasteiger partial charge on any atom is -0.383 e. The Labute approximate surface area is 175 Å². The maximum atomic E-state index is 10.5. The number of aliphatic imine (C=N–C) groups is 1. The zero-order chi connectivity index (χ0) is 17.4. The molecule has 1 atom stereocenters. The van der Waals surface area contributed by atoms with E-state index >= 15 is 0 Å². The van der Waals surface area contributed by atoms with Crippen LogP contribution < -0.4 is 10.6 Å². The van der Waals surface area contributed by atoms with Crippen molar-refractivity contribution in [1.29, 1.82) is 0 Å². The summed E-state index contributed by atoms with van der Waals surface area (Å²) in [5.74, 6) is 0.691. The summed E-state index contributed by atoms with van der Waals surface area (Å²) in [5.41, 5.74) is 0.143. The summed E-state index contributed by atoms with van der Waals surface area (Å²) in [6, 6.07) is 7.60. The Bertz CT molecular complexity index is 647. The first-order chi connectivity index (χ1) is 11.5. The van der Waals surface area contributed by atoms with Gasteiger partial charge in [0.05, 0.1) is 6.54 Å². The molecule has 2 rings (SSSR count). The summed E-state index contributed by atoms with van der Waals surface area (Å²) in [4.78, 5) is 9.48. The highest BCUT2D eigenvalue weighted by Gasteiger charge is 2.23. The molecule has 0 spiro atoms. The van der Waals surface area contributed by atoms with Crippen LogP contribution in [-0.2, 0) is 12.0 Å². The van der Waals surface area contributed by atoms with Crippen molar-refractivity contribution in [1.82, 2.24) is 15.6 Å². The minimum atomic E-state index is -0.962. The number of rotatable bonds is 7. The van der Waals surface area contributed by atoms with Gasteiger partial charge in [0.1, 0.15) is 10.8 Å². The molecule has 5 nitrogen and oxygen atoms in total.